The Morgan fingerprint density at radius 2 is 2.06 bits per heavy atom. The van der Waals surface area contributed by atoms with Gasteiger partial charge in [0.1, 0.15) is 24.0 Å². The number of oxazole rings is 1. The summed E-state index contributed by atoms with van der Waals surface area (Å²) < 4.78 is 36.0. The standard InChI is InChI=1S/C25H22FN3O6/c1-32-20-7-4-15-12-29(25-28-18-6-5-16(26)9-21(18)35-25)19(24(30)31)10-17(15)23(20)34-13-14-3-8-22(33-2)27-11-14/h3-9,11,19H,10,12-13H2,1-2H3,(H,30,31). The number of aliphatic carboxylic acids is 1. The number of anilines is 1. The largest absolute Gasteiger partial charge is 0.493 e. The van der Waals surface area contributed by atoms with E-state index in [4.69, 9.17) is 18.6 Å². The number of aromatic nitrogens is 2. The topological polar surface area (TPSA) is 107 Å². The molecule has 3 heterocycles. The molecule has 1 N–H and O–H groups in total. The van der Waals surface area contributed by atoms with Crippen LogP contribution in [0.5, 0.6) is 17.4 Å². The van der Waals surface area contributed by atoms with Crippen molar-refractivity contribution >= 4 is 23.1 Å². The number of carboxylic acids is 1. The summed E-state index contributed by atoms with van der Waals surface area (Å²) in [5, 5.41) is 10.0. The van der Waals surface area contributed by atoms with E-state index in [1.165, 1.54) is 25.3 Å². The number of carboxylic acid groups (broad SMARTS) is 1. The van der Waals surface area contributed by atoms with Gasteiger partial charge in [-0.05, 0) is 29.8 Å². The van der Waals surface area contributed by atoms with Crippen LogP contribution in [0.15, 0.2) is 53.1 Å². The molecule has 0 fully saturated rings. The molecule has 0 radical (unpaired) electrons. The molecule has 2 aromatic carbocycles. The number of benzene rings is 2. The highest BCUT2D eigenvalue weighted by molar-refractivity contribution is 5.81. The minimum absolute atomic E-state index is 0.117. The van der Waals surface area contributed by atoms with Crippen molar-refractivity contribution in [3.63, 3.8) is 0 Å². The molecular formula is C25H22FN3O6. The summed E-state index contributed by atoms with van der Waals surface area (Å²) in [5.41, 5.74) is 3.09. The Labute approximate surface area is 199 Å². The van der Waals surface area contributed by atoms with E-state index in [1.807, 2.05) is 12.1 Å². The molecule has 0 spiro atoms. The van der Waals surface area contributed by atoms with Crippen LogP contribution < -0.4 is 19.1 Å². The number of rotatable bonds is 7. The van der Waals surface area contributed by atoms with Crippen LogP contribution in [0, 0.1) is 5.82 Å². The Bertz CT molecular complexity index is 1390. The molecule has 1 aliphatic heterocycles. The Morgan fingerprint density at radius 3 is 2.77 bits per heavy atom. The van der Waals surface area contributed by atoms with E-state index < -0.39 is 17.8 Å². The highest BCUT2D eigenvalue weighted by Crippen LogP contribution is 2.40. The number of fused-ring (bicyclic) bond motifs is 2. The number of ether oxygens (including phenoxy) is 3. The molecule has 0 amide bonds. The molecule has 0 saturated carbocycles. The third-order valence-electron chi connectivity index (χ3n) is 5.92. The molecule has 1 atom stereocenters. The second-order valence-electron chi connectivity index (χ2n) is 8.03. The maximum atomic E-state index is 13.6. The fourth-order valence-electron chi connectivity index (χ4n) is 4.14. The summed E-state index contributed by atoms with van der Waals surface area (Å²) >= 11 is 0. The minimum Gasteiger partial charge on any atom is -0.493 e. The number of hydrogen-bond acceptors (Lipinski definition) is 8. The number of carbonyl (C=O) groups is 1. The van der Waals surface area contributed by atoms with Crippen LogP contribution in [0.25, 0.3) is 11.1 Å². The Balaban J connectivity index is 1.48. The normalized spacial score (nSPS) is 15.1. The molecule has 180 valence electrons. The Kier molecular flexibility index (Phi) is 5.86. The van der Waals surface area contributed by atoms with Gasteiger partial charge >= 0.3 is 5.97 Å². The van der Waals surface area contributed by atoms with Crippen molar-refractivity contribution in [3.8, 4) is 17.4 Å². The third-order valence-corrected chi connectivity index (χ3v) is 5.92. The molecule has 10 heteroatoms. The average molecular weight is 479 g/mol. The third kappa shape index (κ3) is 4.30. The van der Waals surface area contributed by atoms with Crippen molar-refractivity contribution < 1.29 is 32.9 Å². The molecule has 0 saturated heterocycles. The first kappa shape index (κ1) is 22.5. The maximum absolute atomic E-state index is 13.6. The first-order chi connectivity index (χ1) is 17.0. The van der Waals surface area contributed by atoms with Crippen LogP contribution in [0.3, 0.4) is 0 Å². The predicted molar refractivity (Wildman–Crippen MR) is 123 cm³/mol. The van der Waals surface area contributed by atoms with Crippen molar-refractivity contribution in [1.82, 2.24) is 9.97 Å². The SMILES string of the molecule is COc1ccc(COc2c(OC)ccc3c2CC(C(=O)O)N(c2nc4ccc(F)cc4o2)C3)cn1. The highest BCUT2D eigenvalue weighted by Gasteiger charge is 2.36. The van der Waals surface area contributed by atoms with Crippen molar-refractivity contribution in [3.05, 3.63) is 71.2 Å². The summed E-state index contributed by atoms with van der Waals surface area (Å²) in [4.78, 5) is 22.4. The molecule has 35 heavy (non-hydrogen) atoms. The number of pyridine rings is 1. The van der Waals surface area contributed by atoms with Gasteiger partial charge in [-0.15, -0.1) is 0 Å². The smallest absolute Gasteiger partial charge is 0.326 e. The Hall–Kier alpha value is -4.34. The fraction of sp³-hybridized carbons (Fsp3) is 0.240. The van der Waals surface area contributed by atoms with E-state index in [0.29, 0.717) is 22.9 Å². The van der Waals surface area contributed by atoms with E-state index in [-0.39, 0.29) is 31.2 Å². The molecular weight excluding hydrogens is 457 g/mol. The number of halogens is 1. The molecule has 0 aliphatic carbocycles. The lowest BCUT2D eigenvalue weighted by Crippen LogP contribution is -2.46. The summed E-state index contributed by atoms with van der Waals surface area (Å²) in [5.74, 6) is -0.0293. The van der Waals surface area contributed by atoms with Crippen molar-refractivity contribution in [1.29, 1.82) is 0 Å². The average Bonchev–Trinajstić information content (AvgIpc) is 3.29. The zero-order chi connectivity index (χ0) is 24.5. The molecule has 4 aromatic rings. The first-order valence-electron chi connectivity index (χ1n) is 10.8. The van der Waals surface area contributed by atoms with Crippen molar-refractivity contribution in [2.75, 3.05) is 19.1 Å². The molecule has 9 nitrogen and oxygen atoms in total. The van der Waals surface area contributed by atoms with E-state index in [9.17, 15) is 14.3 Å². The summed E-state index contributed by atoms with van der Waals surface area (Å²) in [7, 11) is 3.08. The zero-order valence-corrected chi connectivity index (χ0v) is 19.0. The van der Waals surface area contributed by atoms with Gasteiger partial charge in [0.2, 0.25) is 5.88 Å². The van der Waals surface area contributed by atoms with Gasteiger partial charge < -0.3 is 28.6 Å². The predicted octanol–water partition coefficient (Wildman–Crippen LogP) is 3.97. The first-order valence-corrected chi connectivity index (χ1v) is 10.8. The lowest BCUT2D eigenvalue weighted by atomic mass is 9.93. The van der Waals surface area contributed by atoms with E-state index in [1.54, 1.807) is 30.3 Å². The number of hydrogen-bond donors (Lipinski definition) is 1. The van der Waals surface area contributed by atoms with E-state index in [0.717, 1.165) is 16.7 Å². The quantitative estimate of drug-likeness (QED) is 0.421. The summed E-state index contributed by atoms with van der Waals surface area (Å²) in [6, 6.07) is 10.4. The zero-order valence-electron chi connectivity index (χ0n) is 19.0. The highest BCUT2D eigenvalue weighted by atomic mass is 19.1. The molecule has 2 aromatic heterocycles. The monoisotopic (exact) mass is 479 g/mol. The van der Waals surface area contributed by atoms with Gasteiger partial charge in [0.15, 0.2) is 17.1 Å². The van der Waals surface area contributed by atoms with Gasteiger partial charge in [0.05, 0.1) is 14.2 Å². The number of methoxy groups -OCH3 is 2. The summed E-state index contributed by atoms with van der Waals surface area (Å²) in [6.07, 6.45) is 1.78. The van der Waals surface area contributed by atoms with Crippen LogP contribution in [-0.2, 0) is 24.4 Å². The van der Waals surface area contributed by atoms with Crippen LogP contribution in [0.1, 0.15) is 16.7 Å². The van der Waals surface area contributed by atoms with Gasteiger partial charge in [-0.1, -0.05) is 6.07 Å². The second kappa shape index (κ2) is 9.13. The van der Waals surface area contributed by atoms with Crippen LogP contribution in [-0.4, -0.2) is 41.3 Å². The van der Waals surface area contributed by atoms with Gasteiger partial charge in [0, 0.05) is 42.4 Å². The lowest BCUT2D eigenvalue weighted by Gasteiger charge is -2.34. The lowest BCUT2D eigenvalue weighted by molar-refractivity contribution is -0.138. The van der Waals surface area contributed by atoms with Gasteiger partial charge in [-0.3, -0.25) is 0 Å². The van der Waals surface area contributed by atoms with Crippen LogP contribution >= 0.6 is 0 Å². The van der Waals surface area contributed by atoms with Gasteiger partial charge in [-0.25, -0.2) is 14.2 Å². The van der Waals surface area contributed by atoms with Crippen LogP contribution in [0.4, 0.5) is 10.4 Å². The minimum atomic E-state index is -1.04. The maximum Gasteiger partial charge on any atom is 0.326 e. The fourth-order valence-corrected chi connectivity index (χ4v) is 4.14. The van der Waals surface area contributed by atoms with Crippen molar-refractivity contribution in [2.45, 2.75) is 25.6 Å². The molecule has 1 aliphatic rings. The van der Waals surface area contributed by atoms with Gasteiger partial charge in [0.25, 0.3) is 6.01 Å². The van der Waals surface area contributed by atoms with Crippen LogP contribution in [0.2, 0.25) is 0 Å². The van der Waals surface area contributed by atoms with E-state index >= 15 is 0 Å². The summed E-state index contributed by atoms with van der Waals surface area (Å²) in [6.45, 7) is 0.425. The second-order valence-corrected chi connectivity index (χ2v) is 8.03. The molecule has 5 rings (SSSR count). The Morgan fingerprint density at radius 1 is 1.20 bits per heavy atom. The van der Waals surface area contributed by atoms with Crippen molar-refractivity contribution in [2.24, 2.45) is 0 Å². The molecule has 0 bridgehead atoms. The van der Waals surface area contributed by atoms with Gasteiger partial charge in [-0.2, -0.15) is 4.98 Å². The molecule has 1 unspecified atom stereocenters. The number of nitrogens with zero attached hydrogens (tertiary/aromatic N) is 3. The van der Waals surface area contributed by atoms with E-state index in [2.05, 4.69) is 9.97 Å².